The first-order chi connectivity index (χ1) is 15.3. The van der Waals surface area contributed by atoms with Crippen molar-refractivity contribution in [3.8, 4) is 23.2 Å². The van der Waals surface area contributed by atoms with Gasteiger partial charge in [-0.25, -0.2) is 18.6 Å². The number of nitrogens with zero attached hydrogens (tertiary/aromatic N) is 8. The topological polar surface area (TPSA) is 148 Å². The van der Waals surface area contributed by atoms with Gasteiger partial charge >= 0.3 is 0 Å². The first kappa shape index (κ1) is 19.9. The number of fused-ring (bicyclic) bond motifs is 7. The van der Waals surface area contributed by atoms with Gasteiger partial charge in [0, 0.05) is 12.6 Å². The highest BCUT2D eigenvalue weighted by molar-refractivity contribution is 7.92. The van der Waals surface area contributed by atoms with Crippen LogP contribution in [-0.2, 0) is 23.5 Å². The van der Waals surface area contributed by atoms with E-state index in [2.05, 4.69) is 30.7 Å². The Bertz CT molecular complexity index is 1470. The van der Waals surface area contributed by atoms with Crippen LogP contribution in [-0.4, -0.2) is 34.6 Å². The molecule has 2 bridgehead atoms. The van der Waals surface area contributed by atoms with Crippen LogP contribution in [0, 0.1) is 17.1 Å². The van der Waals surface area contributed by atoms with Crippen LogP contribution in [0.25, 0.3) is 11.3 Å². The molecule has 0 spiro atoms. The van der Waals surface area contributed by atoms with Crippen LogP contribution >= 0.6 is 0 Å². The van der Waals surface area contributed by atoms with Gasteiger partial charge in [-0.3, -0.25) is 8.99 Å². The largest absolute Gasteiger partial charge is 0.467 e. The average molecular weight is 453 g/mol. The van der Waals surface area contributed by atoms with Gasteiger partial charge in [0.2, 0.25) is 0 Å². The summed E-state index contributed by atoms with van der Waals surface area (Å²) in [7, 11) is -1.67. The van der Waals surface area contributed by atoms with E-state index in [0.717, 1.165) is 0 Å². The third-order valence-corrected chi connectivity index (χ3v) is 7.31. The highest BCUT2D eigenvalue weighted by atomic mass is 32.2. The summed E-state index contributed by atoms with van der Waals surface area (Å²) in [5, 5.41) is 18.0. The Kier molecular flexibility index (Phi) is 4.34. The van der Waals surface area contributed by atoms with E-state index in [4.69, 9.17) is 10.5 Å². The lowest BCUT2D eigenvalue weighted by molar-refractivity contribution is 0.214. The molecule has 162 valence electrons. The second-order valence-corrected chi connectivity index (χ2v) is 9.24. The van der Waals surface area contributed by atoms with Crippen molar-refractivity contribution in [2.45, 2.75) is 24.5 Å². The summed E-state index contributed by atoms with van der Waals surface area (Å²) in [6.45, 7) is 1.65. The van der Waals surface area contributed by atoms with E-state index in [0.29, 0.717) is 22.5 Å². The molecule has 1 unspecified atom stereocenters. The van der Waals surface area contributed by atoms with Gasteiger partial charge in [0.15, 0.2) is 15.7 Å². The fourth-order valence-corrected chi connectivity index (χ4v) is 5.53. The molecular weight excluding hydrogens is 437 g/mol. The van der Waals surface area contributed by atoms with Crippen LogP contribution in [0.2, 0.25) is 0 Å². The molecule has 32 heavy (non-hydrogen) atoms. The van der Waals surface area contributed by atoms with Gasteiger partial charge in [0.25, 0.3) is 5.88 Å². The predicted octanol–water partition coefficient (Wildman–Crippen LogP) is 2.12. The second kappa shape index (κ2) is 6.99. The number of aromatic nitrogens is 4. The van der Waals surface area contributed by atoms with Gasteiger partial charge in [-0.1, -0.05) is 4.47 Å². The molecule has 0 aliphatic carbocycles. The Labute approximate surface area is 182 Å². The summed E-state index contributed by atoms with van der Waals surface area (Å²) < 4.78 is 40.9. The van der Waals surface area contributed by atoms with Crippen molar-refractivity contribution in [2.75, 3.05) is 5.73 Å². The third kappa shape index (κ3) is 2.88. The molecule has 2 aromatic heterocycles. The molecule has 2 N–H and O–H groups in total. The summed E-state index contributed by atoms with van der Waals surface area (Å²) in [6, 6.07) is 5.94. The first-order valence-corrected chi connectivity index (χ1v) is 10.9. The average Bonchev–Trinajstić information content (AvgIpc) is 3.28. The van der Waals surface area contributed by atoms with Crippen molar-refractivity contribution in [2.24, 2.45) is 16.6 Å². The van der Waals surface area contributed by atoms with Gasteiger partial charge in [0.05, 0.1) is 34.6 Å². The Morgan fingerprint density at radius 3 is 3.00 bits per heavy atom. The first-order valence-electron chi connectivity index (χ1n) is 9.43. The number of nitrogen functional groups attached to an aromatic ring is 1. The lowest BCUT2D eigenvalue weighted by Crippen LogP contribution is -2.28. The van der Waals surface area contributed by atoms with E-state index in [1.165, 1.54) is 39.7 Å². The number of hydrogen-bond acceptors (Lipinski definition) is 9. The van der Waals surface area contributed by atoms with Crippen molar-refractivity contribution in [1.29, 1.82) is 5.26 Å². The number of aryl methyl sites for hydroxylation is 1. The minimum atomic E-state index is -3.29. The molecule has 2 aliphatic rings. The van der Waals surface area contributed by atoms with Crippen LogP contribution in [0.15, 0.2) is 38.9 Å². The zero-order valence-electron chi connectivity index (χ0n) is 16.9. The van der Waals surface area contributed by atoms with Crippen LogP contribution < -0.4 is 10.5 Å². The Balaban J connectivity index is 1.82. The van der Waals surface area contributed by atoms with E-state index >= 15 is 0 Å². The van der Waals surface area contributed by atoms with Crippen LogP contribution in [0.4, 0.5) is 10.2 Å². The van der Waals surface area contributed by atoms with Crippen LogP contribution in [0.1, 0.15) is 30.0 Å². The second-order valence-electron chi connectivity index (χ2n) is 7.18. The SMILES string of the molecule is C[C@H]1Oc2nc(cnc2N)-c2c(nn(C)c2C#N)CN2C=NN=S2(=O)c2ccc(F)cc21. The van der Waals surface area contributed by atoms with Gasteiger partial charge in [-0.2, -0.15) is 10.4 Å². The number of halogens is 1. The monoisotopic (exact) mass is 453 g/mol. The molecular formula is C19H16FN9O2S. The number of nitrogens with two attached hydrogens (primary N) is 1. The highest BCUT2D eigenvalue weighted by Gasteiger charge is 2.33. The maximum absolute atomic E-state index is 14.2. The minimum Gasteiger partial charge on any atom is -0.467 e. The molecule has 2 atom stereocenters. The molecule has 3 aromatic rings. The van der Waals surface area contributed by atoms with Gasteiger partial charge in [0.1, 0.15) is 30.0 Å². The molecule has 1 aromatic carbocycles. The maximum atomic E-state index is 14.2. The van der Waals surface area contributed by atoms with Gasteiger partial charge < -0.3 is 10.5 Å². The zero-order chi connectivity index (χ0) is 22.6. The number of ether oxygens (including phenoxy) is 1. The Hall–Kier alpha value is -4.05. The number of rotatable bonds is 0. The lowest BCUT2D eigenvalue weighted by atomic mass is 10.1. The molecule has 4 heterocycles. The molecule has 5 rings (SSSR count). The van der Waals surface area contributed by atoms with Crippen molar-refractivity contribution >= 4 is 22.1 Å². The zero-order valence-corrected chi connectivity index (χ0v) is 17.7. The van der Waals surface area contributed by atoms with Gasteiger partial charge in [-0.05, 0) is 25.1 Å². The Morgan fingerprint density at radius 2 is 2.22 bits per heavy atom. The summed E-state index contributed by atoms with van der Waals surface area (Å²) in [6.07, 6.45) is 1.94. The van der Waals surface area contributed by atoms with Crippen molar-refractivity contribution in [3.05, 3.63) is 47.2 Å². The molecule has 13 heteroatoms. The normalized spacial score (nSPS) is 21.2. The predicted molar refractivity (Wildman–Crippen MR) is 112 cm³/mol. The summed E-state index contributed by atoms with van der Waals surface area (Å²) in [4.78, 5) is 8.86. The fourth-order valence-electron chi connectivity index (χ4n) is 3.69. The lowest BCUT2D eigenvalue weighted by Gasteiger charge is -2.24. The minimum absolute atomic E-state index is 0.00380. The third-order valence-electron chi connectivity index (χ3n) is 5.20. The molecule has 0 saturated heterocycles. The van der Waals surface area contributed by atoms with E-state index in [1.54, 1.807) is 14.0 Å². The molecule has 0 amide bonds. The molecule has 2 aliphatic heterocycles. The van der Waals surface area contributed by atoms with Crippen molar-refractivity contribution < 1.29 is 13.3 Å². The Morgan fingerprint density at radius 1 is 1.41 bits per heavy atom. The molecule has 11 nitrogen and oxygen atoms in total. The molecule has 0 radical (unpaired) electrons. The van der Waals surface area contributed by atoms with Gasteiger partial charge in [-0.15, -0.1) is 5.10 Å². The smallest absolute Gasteiger partial charge is 0.258 e. The number of hydrogen-bond donors (Lipinski definition) is 1. The van der Waals surface area contributed by atoms with E-state index < -0.39 is 21.8 Å². The quantitative estimate of drug-likeness (QED) is 0.548. The number of nitriles is 1. The summed E-state index contributed by atoms with van der Waals surface area (Å²) in [5.41, 5.74) is 7.63. The number of anilines is 1. The van der Waals surface area contributed by atoms with Crippen molar-refractivity contribution in [3.63, 3.8) is 0 Å². The molecule has 0 saturated carbocycles. The standard InChI is InChI=1S/C19H16FN9O2S/c1-10-12-5-11(20)3-4-16(12)32(30)27-24-9-29(32)8-14-17(15(6-21)28(2)26-14)13-7-23-18(22)19(25-13)31-10/h3-5,7,9-10H,8H2,1-2H3,(H2,22,23)/t10-,32?/m1/s1. The number of benzene rings is 1. The summed E-state index contributed by atoms with van der Waals surface area (Å²) in [5.74, 6) is -0.520. The van der Waals surface area contributed by atoms with Crippen molar-refractivity contribution in [1.82, 2.24) is 24.1 Å². The summed E-state index contributed by atoms with van der Waals surface area (Å²) >= 11 is 0. The van der Waals surface area contributed by atoms with E-state index in [9.17, 15) is 13.9 Å². The fraction of sp³-hybridized carbons (Fsp3) is 0.211. The maximum Gasteiger partial charge on any atom is 0.258 e. The highest BCUT2D eigenvalue weighted by Crippen LogP contribution is 2.36. The van der Waals surface area contributed by atoms with E-state index in [-0.39, 0.29) is 28.8 Å². The van der Waals surface area contributed by atoms with E-state index in [1.807, 2.05) is 0 Å². The molecule has 0 fully saturated rings. The van der Waals surface area contributed by atoms with Crippen LogP contribution in [0.3, 0.4) is 0 Å². The van der Waals surface area contributed by atoms with Crippen LogP contribution in [0.5, 0.6) is 5.88 Å².